The number of nitrogens with two attached hydrogens (primary N) is 1. The molecule has 3 aromatic heterocycles. The van der Waals surface area contributed by atoms with E-state index in [9.17, 15) is 5.11 Å². The molecule has 0 spiro atoms. The van der Waals surface area contributed by atoms with Crippen LogP contribution in [0.15, 0.2) is 48.5 Å². The number of ether oxygens (including phenoxy) is 1. The van der Waals surface area contributed by atoms with Crippen molar-refractivity contribution in [1.82, 2.24) is 15.0 Å². The molecule has 0 amide bonds. The summed E-state index contributed by atoms with van der Waals surface area (Å²) in [7, 11) is 1.52. The molecule has 138 valence electrons. The zero-order chi connectivity index (χ0) is 19.7. The van der Waals surface area contributed by atoms with Gasteiger partial charge >= 0.3 is 0 Å². The van der Waals surface area contributed by atoms with Gasteiger partial charge in [0.2, 0.25) is 5.88 Å². The Hall–Kier alpha value is -3.54. The highest BCUT2D eigenvalue weighted by Crippen LogP contribution is 2.35. The fourth-order valence-corrected chi connectivity index (χ4v) is 3.83. The molecule has 0 bridgehead atoms. The summed E-state index contributed by atoms with van der Waals surface area (Å²) in [5.41, 5.74) is 7.83. The van der Waals surface area contributed by atoms with Gasteiger partial charge in [0.05, 0.1) is 29.8 Å². The van der Waals surface area contributed by atoms with Crippen molar-refractivity contribution >= 4 is 27.4 Å². The Labute approximate surface area is 164 Å². The van der Waals surface area contributed by atoms with Crippen molar-refractivity contribution in [1.29, 1.82) is 5.26 Å². The van der Waals surface area contributed by atoms with Crippen LogP contribution in [-0.2, 0) is 0 Å². The van der Waals surface area contributed by atoms with Crippen LogP contribution in [0.2, 0.25) is 0 Å². The van der Waals surface area contributed by atoms with E-state index in [2.05, 4.69) is 21.0 Å². The highest BCUT2D eigenvalue weighted by molar-refractivity contribution is 7.18. The Kier molecular flexibility index (Phi) is 4.61. The molecular formula is C20H15N5O2S. The van der Waals surface area contributed by atoms with E-state index in [1.807, 2.05) is 6.07 Å². The van der Waals surface area contributed by atoms with E-state index in [1.54, 1.807) is 42.5 Å². The van der Waals surface area contributed by atoms with E-state index in [0.29, 0.717) is 49.4 Å². The van der Waals surface area contributed by atoms with Gasteiger partial charge in [-0.1, -0.05) is 18.2 Å². The SMILES string of the molecule is COc1cccc(C(O)c2cc3c(N)nc(-c4cccc(C#N)c4)nc3s2)n1. The number of aromatic nitrogens is 3. The first kappa shape index (κ1) is 17.9. The van der Waals surface area contributed by atoms with Crippen LogP contribution in [0.4, 0.5) is 5.82 Å². The Morgan fingerprint density at radius 1 is 1.14 bits per heavy atom. The third-order valence-corrected chi connectivity index (χ3v) is 5.28. The van der Waals surface area contributed by atoms with Gasteiger partial charge in [0.15, 0.2) is 5.82 Å². The highest BCUT2D eigenvalue weighted by Gasteiger charge is 2.19. The summed E-state index contributed by atoms with van der Waals surface area (Å²) in [6.07, 6.45) is -0.931. The van der Waals surface area contributed by atoms with Crippen LogP contribution >= 0.6 is 11.3 Å². The fourth-order valence-electron chi connectivity index (χ4n) is 2.80. The maximum Gasteiger partial charge on any atom is 0.213 e. The fraction of sp³-hybridized carbons (Fsp3) is 0.100. The molecular weight excluding hydrogens is 374 g/mol. The predicted molar refractivity (Wildman–Crippen MR) is 107 cm³/mol. The highest BCUT2D eigenvalue weighted by atomic mass is 32.1. The molecule has 0 fully saturated rings. The molecule has 0 aliphatic carbocycles. The summed E-state index contributed by atoms with van der Waals surface area (Å²) in [4.78, 5) is 14.5. The lowest BCUT2D eigenvalue weighted by Crippen LogP contribution is -2.01. The molecule has 0 aliphatic rings. The van der Waals surface area contributed by atoms with Crippen molar-refractivity contribution in [2.45, 2.75) is 6.10 Å². The number of aliphatic hydroxyl groups excluding tert-OH is 1. The van der Waals surface area contributed by atoms with Crippen LogP contribution in [0.5, 0.6) is 5.88 Å². The third kappa shape index (κ3) is 3.24. The number of fused-ring (bicyclic) bond motifs is 1. The molecule has 4 rings (SSSR count). The summed E-state index contributed by atoms with van der Waals surface area (Å²) in [5, 5.41) is 20.5. The Bertz CT molecular complexity index is 1210. The minimum atomic E-state index is -0.931. The van der Waals surface area contributed by atoms with E-state index in [4.69, 9.17) is 15.7 Å². The summed E-state index contributed by atoms with van der Waals surface area (Å²) < 4.78 is 5.12. The third-order valence-electron chi connectivity index (χ3n) is 4.20. The van der Waals surface area contributed by atoms with E-state index < -0.39 is 6.10 Å². The minimum absolute atomic E-state index is 0.315. The quantitative estimate of drug-likeness (QED) is 0.550. The second kappa shape index (κ2) is 7.23. The molecule has 7 nitrogen and oxygen atoms in total. The number of thiophene rings is 1. The van der Waals surface area contributed by atoms with Crippen LogP contribution in [0.3, 0.4) is 0 Å². The number of nitrogen functional groups attached to an aromatic ring is 1. The molecule has 1 unspecified atom stereocenters. The van der Waals surface area contributed by atoms with Gasteiger partial charge < -0.3 is 15.6 Å². The molecule has 0 aliphatic heterocycles. The first-order valence-corrected chi connectivity index (χ1v) is 9.17. The smallest absolute Gasteiger partial charge is 0.213 e. The van der Waals surface area contributed by atoms with Gasteiger partial charge in [-0.05, 0) is 24.3 Å². The number of methoxy groups -OCH3 is 1. The van der Waals surface area contributed by atoms with Gasteiger partial charge in [-0.3, -0.25) is 0 Å². The Morgan fingerprint density at radius 2 is 1.96 bits per heavy atom. The van der Waals surface area contributed by atoms with Crippen LogP contribution in [-0.4, -0.2) is 27.2 Å². The minimum Gasteiger partial charge on any atom is -0.481 e. The zero-order valence-corrected chi connectivity index (χ0v) is 15.6. The van der Waals surface area contributed by atoms with Gasteiger partial charge in [0, 0.05) is 16.5 Å². The van der Waals surface area contributed by atoms with Gasteiger partial charge in [-0.2, -0.15) is 5.26 Å². The van der Waals surface area contributed by atoms with E-state index in [0.717, 1.165) is 0 Å². The average molecular weight is 389 g/mol. The second-order valence-corrected chi connectivity index (χ2v) is 7.06. The van der Waals surface area contributed by atoms with Gasteiger partial charge in [0.1, 0.15) is 16.8 Å². The van der Waals surface area contributed by atoms with Gasteiger partial charge in [-0.15, -0.1) is 11.3 Å². The number of hydrogen-bond acceptors (Lipinski definition) is 8. The van der Waals surface area contributed by atoms with E-state index >= 15 is 0 Å². The van der Waals surface area contributed by atoms with Gasteiger partial charge in [-0.25, -0.2) is 15.0 Å². The number of nitrogens with zero attached hydrogens (tertiary/aromatic N) is 4. The number of nitriles is 1. The van der Waals surface area contributed by atoms with Crippen LogP contribution in [0.1, 0.15) is 22.2 Å². The van der Waals surface area contributed by atoms with Crippen molar-refractivity contribution in [3.63, 3.8) is 0 Å². The monoisotopic (exact) mass is 389 g/mol. The van der Waals surface area contributed by atoms with Crippen molar-refractivity contribution < 1.29 is 9.84 Å². The number of anilines is 1. The van der Waals surface area contributed by atoms with E-state index in [-0.39, 0.29) is 0 Å². The number of aliphatic hydroxyl groups is 1. The molecule has 1 atom stereocenters. The Morgan fingerprint density at radius 3 is 2.75 bits per heavy atom. The topological polar surface area (TPSA) is 118 Å². The first-order chi connectivity index (χ1) is 13.6. The normalized spacial score (nSPS) is 11.9. The van der Waals surface area contributed by atoms with Crippen molar-refractivity contribution in [2.24, 2.45) is 0 Å². The lowest BCUT2D eigenvalue weighted by atomic mass is 10.1. The predicted octanol–water partition coefficient (Wildman–Crippen LogP) is 3.30. The number of benzene rings is 1. The molecule has 4 aromatic rings. The summed E-state index contributed by atoms with van der Waals surface area (Å²) in [5.74, 6) is 1.18. The molecule has 1 aromatic carbocycles. The van der Waals surface area contributed by atoms with Crippen LogP contribution < -0.4 is 10.5 Å². The van der Waals surface area contributed by atoms with Gasteiger partial charge in [0.25, 0.3) is 0 Å². The summed E-state index contributed by atoms with van der Waals surface area (Å²) in [6.45, 7) is 0. The van der Waals surface area contributed by atoms with E-state index in [1.165, 1.54) is 18.4 Å². The largest absolute Gasteiger partial charge is 0.481 e. The maximum atomic E-state index is 10.7. The lowest BCUT2D eigenvalue weighted by Gasteiger charge is -2.08. The maximum absolute atomic E-state index is 10.7. The average Bonchev–Trinajstić information content (AvgIpc) is 3.18. The van der Waals surface area contributed by atoms with Crippen molar-refractivity contribution in [3.8, 4) is 23.3 Å². The Balaban J connectivity index is 1.76. The van der Waals surface area contributed by atoms with Crippen molar-refractivity contribution in [2.75, 3.05) is 12.8 Å². The van der Waals surface area contributed by atoms with Crippen molar-refractivity contribution in [3.05, 3.63) is 64.7 Å². The van der Waals surface area contributed by atoms with Crippen LogP contribution in [0, 0.1) is 11.3 Å². The van der Waals surface area contributed by atoms with Crippen LogP contribution in [0.25, 0.3) is 21.6 Å². The summed E-state index contributed by atoms with van der Waals surface area (Å²) in [6, 6.07) is 16.1. The first-order valence-electron chi connectivity index (χ1n) is 8.35. The summed E-state index contributed by atoms with van der Waals surface area (Å²) >= 11 is 1.32. The number of hydrogen-bond donors (Lipinski definition) is 2. The lowest BCUT2D eigenvalue weighted by molar-refractivity contribution is 0.217. The molecule has 3 heterocycles. The zero-order valence-electron chi connectivity index (χ0n) is 14.8. The molecule has 0 saturated carbocycles. The second-order valence-electron chi connectivity index (χ2n) is 6.00. The molecule has 28 heavy (non-hydrogen) atoms. The molecule has 3 N–H and O–H groups in total. The molecule has 0 saturated heterocycles. The molecule has 0 radical (unpaired) electrons. The standard InChI is InChI=1S/C20H15N5O2S/c1-27-16-7-3-6-14(23-16)17(26)15-9-13-18(22)24-19(25-20(13)28-15)12-5-2-4-11(8-12)10-21/h2-9,17,26H,1H3,(H2,22,24,25). The number of rotatable bonds is 4. The number of pyridine rings is 1. The molecule has 8 heteroatoms.